The minimum atomic E-state index is -1.13. The number of halogens is 1. The fraction of sp³-hybridized carbons (Fsp3) is 0.385. The van der Waals surface area contributed by atoms with Crippen molar-refractivity contribution >= 4 is 29.2 Å². The summed E-state index contributed by atoms with van der Waals surface area (Å²) in [6.45, 7) is 5.66. The van der Waals surface area contributed by atoms with Crippen molar-refractivity contribution in [3.63, 3.8) is 0 Å². The largest absolute Gasteiger partial charge is 0.461 e. The number of esters is 1. The fourth-order valence-electron chi connectivity index (χ4n) is 5.66. The molecule has 1 saturated heterocycles. The molecule has 0 N–H and O–H groups in total. The van der Waals surface area contributed by atoms with E-state index in [1.165, 1.54) is 18.2 Å². The number of nitrogens with zero attached hydrogens (tertiary/aromatic N) is 4. The van der Waals surface area contributed by atoms with Gasteiger partial charge in [0.25, 0.3) is 5.91 Å². The lowest BCUT2D eigenvalue weighted by molar-refractivity contribution is -0.135. The molecule has 0 aromatic heterocycles. The van der Waals surface area contributed by atoms with E-state index in [1.807, 2.05) is 44.2 Å². The molecule has 0 bridgehead atoms. The third-order valence-electron chi connectivity index (χ3n) is 7.06. The van der Waals surface area contributed by atoms with Crippen LogP contribution in [0.1, 0.15) is 43.1 Å². The monoisotopic (exact) mass is 478 g/mol. The lowest BCUT2D eigenvalue weighted by atomic mass is 9.81. The summed E-state index contributed by atoms with van der Waals surface area (Å²) in [6.07, 6.45) is -0.702. The van der Waals surface area contributed by atoms with Gasteiger partial charge >= 0.3 is 5.97 Å². The molecule has 5 rings (SSSR count). The highest BCUT2D eigenvalue weighted by molar-refractivity contribution is 6.37. The van der Waals surface area contributed by atoms with Crippen LogP contribution >= 0.6 is 0 Å². The van der Waals surface area contributed by atoms with Gasteiger partial charge < -0.3 is 14.5 Å². The van der Waals surface area contributed by atoms with Crippen molar-refractivity contribution in [3.8, 4) is 0 Å². The summed E-state index contributed by atoms with van der Waals surface area (Å²) in [7, 11) is 1.66. The molecule has 2 aromatic rings. The molecule has 0 spiro atoms. The van der Waals surface area contributed by atoms with E-state index in [0.29, 0.717) is 5.69 Å². The van der Waals surface area contributed by atoms with Crippen molar-refractivity contribution in [2.45, 2.75) is 44.9 Å². The molecule has 182 valence electrons. The molecule has 0 aliphatic carbocycles. The molecule has 2 aromatic carbocycles. The van der Waals surface area contributed by atoms with E-state index in [4.69, 9.17) is 4.74 Å². The predicted molar refractivity (Wildman–Crippen MR) is 127 cm³/mol. The number of rotatable bonds is 4. The number of likely N-dealkylation sites (N-methyl/N-ethyl adjacent to an activating group) is 1. The summed E-state index contributed by atoms with van der Waals surface area (Å²) in [5.41, 5.74) is 0.282. The third kappa shape index (κ3) is 3.17. The van der Waals surface area contributed by atoms with Crippen LogP contribution in [0.4, 0.5) is 10.1 Å². The highest BCUT2D eigenvalue weighted by Crippen LogP contribution is 2.52. The molecule has 0 unspecified atom stereocenters. The van der Waals surface area contributed by atoms with E-state index in [-0.39, 0.29) is 36.1 Å². The molecular weight excluding hydrogens is 451 g/mol. The Morgan fingerprint density at radius 1 is 1.20 bits per heavy atom. The van der Waals surface area contributed by atoms with Crippen LogP contribution in [0.5, 0.6) is 0 Å². The number of hydrazone groups is 1. The van der Waals surface area contributed by atoms with E-state index in [2.05, 4.69) is 5.10 Å². The van der Waals surface area contributed by atoms with Gasteiger partial charge in [0.1, 0.15) is 29.3 Å². The Kier molecular flexibility index (Phi) is 5.38. The van der Waals surface area contributed by atoms with Crippen molar-refractivity contribution in [1.82, 2.24) is 9.80 Å². The van der Waals surface area contributed by atoms with Gasteiger partial charge in [0.15, 0.2) is 0 Å². The maximum absolute atomic E-state index is 14.4. The van der Waals surface area contributed by atoms with Crippen molar-refractivity contribution < 1.29 is 23.5 Å². The van der Waals surface area contributed by atoms with Gasteiger partial charge in [0.2, 0.25) is 5.91 Å². The van der Waals surface area contributed by atoms with Crippen molar-refractivity contribution in [1.29, 1.82) is 0 Å². The van der Waals surface area contributed by atoms with E-state index < -0.39 is 35.4 Å². The van der Waals surface area contributed by atoms with Gasteiger partial charge in [-0.25, -0.2) is 14.2 Å². The molecule has 0 saturated carbocycles. The summed E-state index contributed by atoms with van der Waals surface area (Å²) >= 11 is 0. The predicted octanol–water partition coefficient (Wildman–Crippen LogP) is 3.13. The Hall–Kier alpha value is -3.75. The summed E-state index contributed by atoms with van der Waals surface area (Å²) in [6, 6.07) is 12.6. The van der Waals surface area contributed by atoms with Gasteiger partial charge in [0, 0.05) is 13.5 Å². The lowest BCUT2D eigenvalue weighted by Crippen LogP contribution is -2.60. The van der Waals surface area contributed by atoms with Gasteiger partial charge in [0.05, 0.1) is 17.9 Å². The van der Waals surface area contributed by atoms with Crippen LogP contribution in [0.2, 0.25) is 0 Å². The number of amides is 2. The highest BCUT2D eigenvalue weighted by Gasteiger charge is 2.64. The zero-order valence-electron chi connectivity index (χ0n) is 20.1. The summed E-state index contributed by atoms with van der Waals surface area (Å²) in [5, 5.41) is 6.29. The van der Waals surface area contributed by atoms with E-state index in [0.717, 1.165) is 5.56 Å². The van der Waals surface area contributed by atoms with Crippen molar-refractivity contribution in [3.05, 3.63) is 65.5 Å². The van der Waals surface area contributed by atoms with Gasteiger partial charge in [-0.05, 0) is 36.6 Å². The molecule has 35 heavy (non-hydrogen) atoms. The normalized spacial score (nSPS) is 25.3. The van der Waals surface area contributed by atoms with Crippen LogP contribution in [0.3, 0.4) is 0 Å². The van der Waals surface area contributed by atoms with E-state index in [1.54, 1.807) is 28.8 Å². The second kappa shape index (κ2) is 8.18. The Labute approximate surface area is 202 Å². The van der Waals surface area contributed by atoms with E-state index in [9.17, 15) is 18.8 Å². The average molecular weight is 479 g/mol. The minimum Gasteiger partial charge on any atom is -0.461 e. The first-order chi connectivity index (χ1) is 16.7. The van der Waals surface area contributed by atoms with Crippen LogP contribution in [0.25, 0.3) is 0 Å². The number of carbonyl (C=O) groups is 3. The van der Waals surface area contributed by atoms with Gasteiger partial charge in [-0.15, -0.1) is 0 Å². The molecule has 2 amide bonds. The average Bonchev–Trinajstić information content (AvgIpc) is 3.34. The first kappa shape index (κ1) is 23.0. The first-order valence-corrected chi connectivity index (χ1v) is 11.7. The number of hydrogen-bond donors (Lipinski definition) is 0. The Bertz CT molecular complexity index is 1250. The second-order valence-corrected chi connectivity index (χ2v) is 9.43. The number of anilines is 1. The number of ether oxygens (including phenoxy) is 1. The summed E-state index contributed by atoms with van der Waals surface area (Å²) < 4.78 is 19.7. The topological polar surface area (TPSA) is 82.5 Å². The quantitative estimate of drug-likeness (QED) is 0.631. The van der Waals surface area contributed by atoms with Crippen molar-refractivity contribution in [2.75, 3.05) is 18.7 Å². The molecule has 9 heteroatoms. The number of carbonyl (C=O) groups excluding carboxylic acids is 3. The fourth-order valence-corrected chi connectivity index (χ4v) is 5.66. The summed E-state index contributed by atoms with van der Waals surface area (Å²) in [4.78, 5) is 43.6. The lowest BCUT2D eigenvalue weighted by Gasteiger charge is -2.45. The Balaban J connectivity index is 1.85. The maximum atomic E-state index is 14.4. The maximum Gasteiger partial charge on any atom is 0.354 e. The van der Waals surface area contributed by atoms with Crippen LogP contribution in [-0.2, 0) is 19.9 Å². The third-order valence-corrected chi connectivity index (χ3v) is 7.06. The smallest absolute Gasteiger partial charge is 0.354 e. The molecule has 8 nitrogen and oxygen atoms in total. The molecule has 3 heterocycles. The van der Waals surface area contributed by atoms with Crippen LogP contribution < -0.4 is 5.01 Å². The molecule has 3 aliphatic heterocycles. The zero-order chi connectivity index (χ0) is 25.1. The molecule has 1 fully saturated rings. The first-order valence-electron chi connectivity index (χ1n) is 11.7. The van der Waals surface area contributed by atoms with Crippen LogP contribution in [0, 0.1) is 11.7 Å². The molecular formula is C26H27FN4O4. The standard InChI is InChI=1S/C26H27FN4O4/c1-5-35-24(34)19-14-26(16-9-7-6-8-10-16)25-29(4)23(33)21(15(2)3)30(25)22(32)18-13-17(27)11-12-20(18)31(26)28-19/h6-13,15,21,25H,5,14H2,1-4H3/t21-,25+,26-/m0/s1. The Morgan fingerprint density at radius 2 is 1.91 bits per heavy atom. The Morgan fingerprint density at radius 3 is 2.57 bits per heavy atom. The number of hydrogen-bond acceptors (Lipinski definition) is 6. The second-order valence-electron chi connectivity index (χ2n) is 9.43. The van der Waals surface area contributed by atoms with Gasteiger partial charge in [-0.2, -0.15) is 5.10 Å². The highest BCUT2D eigenvalue weighted by atomic mass is 19.1. The molecule has 3 atom stereocenters. The van der Waals surface area contributed by atoms with E-state index >= 15 is 0 Å². The number of benzene rings is 2. The summed E-state index contributed by atoms with van der Waals surface area (Å²) in [5.74, 6) is -1.99. The zero-order valence-corrected chi connectivity index (χ0v) is 20.1. The number of fused-ring (bicyclic) bond motifs is 5. The molecule has 0 radical (unpaired) electrons. The molecule has 3 aliphatic rings. The van der Waals surface area contributed by atoms with Gasteiger partial charge in [-0.1, -0.05) is 44.2 Å². The van der Waals surface area contributed by atoms with Crippen molar-refractivity contribution in [2.24, 2.45) is 11.0 Å². The minimum absolute atomic E-state index is 0.0930. The van der Waals surface area contributed by atoms with Crippen LogP contribution in [-0.4, -0.2) is 59.2 Å². The SMILES string of the molecule is CCOC(=O)C1=NN2c3ccc(F)cc3C(=O)N3[C@@H](C(C)C)C(=O)N(C)[C@H]3[C@@]2(c2ccccc2)C1. The van der Waals surface area contributed by atoms with Crippen LogP contribution in [0.15, 0.2) is 53.6 Å². The van der Waals surface area contributed by atoms with Gasteiger partial charge in [-0.3, -0.25) is 9.59 Å².